The molecule has 6 saturated carbocycles. The topological polar surface area (TPSA) is 239 Å². The molecule has 6 heterocycles. The van der Waals surface area contributed by atoms with Crippen molar-refractivity contribution in [2.75, 3.05) is 10.6 Å². The van der Waals surface area contributed by atoms with Crippen LogP contribution in [0.2, 0.25) is 0 Å². The number of pyridine rings is 2. The molecule has 0 spiro atoms. The first-order valence-electron chi connectivity index (χ1n) is 19.3. The highest BCUT2D eigenvalue weighted by molar-refractivity contribution is 5.92. The molecule has 0 aliphatic heterocycles. The molecule has 21 heteroatoms. The average Bonchev–Trinajstić information content (AvgIpc) is 3.84. The van der Waals surface area contributed by atoms with Crippen LogP contribution in [0.25, 0.3) is 44.8 Å². The van der Waals surface area contributed by atoms with Crippen LogP contribution in [-0.4, -0.2) is 79.6 Å². The fraction of sp³-hybridized carbons (Fsp3) is 0.400. The van der Waals surface area contributed by atoms with E-state index in [-0.39, 0.29) is 89.3 Å². The lowest BCUT2D eigenvalue weighted by Gasteiger charge is -2.47. The number of hydrogen-bond donors (Lipinski definition) is 6. The molecule has 324 valence electrons. The van der Waals surface area contributed by atoms with Gasteiger partial charge in [-0.15, -0.1) is 24.8 Å². The summed E-state index contributed by atoms with van der Waals surface area (Å²) in [6.07, 6.45) is 14.8. The van der Waals surface area contributed by atoms with Gasteiger partial charge in [0.15, 0.2) is 34.9 Å². The van der Waals surface area contributed by atoms with Gasteiger partial charge in [-0.25, -0.2) is 47.5 Å². The van der Waals surface area contributed by atoms with Crippen LogP contribution in [0, 0.1) is 58.8 Å². The summed E-state index contributed by atoms with van der Waals surface area (Å²) in [4.78, 5) is 54.2. The fourth-order valence-electron chi connectivity index (χ4n) is 9.86. The van der Waals surface area contributed by atoms with Gasteiger partial charge in [0.1, 0.15) is 22.9 Å². The van der Waals surface area contributed by atoms with Gasteiger partial charge in [0.25, 0.3) is 0 Å². The molecular formula is C40H42Cl2F4N10O5. The van der Waals surface area contributed by atoms with Crippen molar-refractivity contribution < 1.29 is 42.8 Å². The van der Waals surface area contributed by atoms with E-state index in [4.69, 9.17) is 0 Å². The van der Waals surface area contributed by atoms with Crippen LogP contribution in [0.5, 0.6) is 0 Å². The van der Waals surface area contributed by atoms with E-state index in [9.17, 15) is 37.4 Å². The van der Waals surface area contributed by atoms with E-state index >= 15 is 0 Å². The maximum atomic E-state index is 14.5. The summed E-state index contributed by atoms with van der Waals surface area (Å²) in [5.74, 6) is -4.24. The summed E-state index contributed by atoms with van der Waals surface area (Å²) >= 11 is 0. The SMILES string of the molecule is Cl.Cl.O.O=C(O)[C@H]1C2CCC(CC2)[C@@H]1Nc1nc(-c2c[nH]c3ncc(F)cc23)ncc1F.O=C(O)[C@H]1C2CCC(CC2)[C@@H]1Nc1nc(-c2c[nH]c3ncc(F)cc23)ncc1F. The monoisotopic (exact) mass is 888 g/mol. The molecule has 15 nitrogen and oxygen atoms in total. The zero-order valence-corrected chi connectivity index (χ0v) is 33.8. The lowest BCUT2D eigenvalue weighted by molar-refractivity contribution is -0.149. The molecule has 4 atom stereocenters. The van der Waals surface area contributed by atoms with Crippen LogP contribution in [0.1, 0.15) is 51.4 Å². The second-order valence-corrected chi connectivity index (χ2v) is 15.7. The van der Waals surface area contributed by atoms with E-state index in [0.29, 0.717) is 33.2 Å². The Morgan fingerprint density at radius 2 is 0.934 bits per heavy atom. The standard InChI is InChI=1S/2C20H19F2N5O2.2ClH.H2O/c2*21-11-5-12-13(7-24-17(12)23-6-11)18-25-8-14(22)19(27-18)26-16-10-3-1-9(2-4-10)15(16)20(28)29;;;/h2*5-10,15-16H,1-4H2,(H,23,24)(H,28,29)(H,25,26,27);2*1H;1H2/t2*9?,10?,15-,16-;;;/m00.../s1. The third kappa shape index (κ3) is 8.50. The highest BCUT2D eigenvalue weighted by Gasteiger charge is 2.49. The minimum atomic E-state index is -0.857. The predicted molar refractivity (Wildman–Crippen MR) is 220 cm³/mol. The van der Waals surface area contributed by atoms with Gasteiger partial charge in [-0.1, -0.05) is 0 Å². The van der Waals surface area contributed by atoms with E-state index in [1.165, 1.54) is 12.1 Å². The number of nitrogens with zero attached hydrogens (tertiary/aromatic N) is 6. The number of carboxylic acid groups (broad SMARTS) is 2. The van der Waals surface area contributed by atoms with Crippen LogP contribution in [-0.2, 0) is 9.59 Å². The van der Waals surface area contributed by atoms with Crippen molar-refractivity contribution >= 4 is 70.5 Å². The highest BCUT2D eigenvalue weighted by atomic mass is 35.5. The van der Waals surface area contributed by atoms with E-state index in [1.54, 1.807) is 12.4 Å². The Labute approximate surface area is 357 Å². The first kappa shape index (κ1) is 44.9. The number of fused-ring (bicyclic) bond motifs is 8. The van der Waals surface area contributed by atoms with Gasteiger partial charge in [0.05, 0.1) is 36.6 Å². The van der Waals surface area contributed by atoms with Gasteiger partial charge in [-0.3, -0.25) is 9.59 Å². The van der Waals surface area contributed by atoms with Crippen LogP contribution < -0.4 is 10.6 Å². The summed E-state index contributed by atoms with van der Waals surface area (Å²) in [6.45, 7) is 0. The molecule has 0 aromatic carbocycles. The maximum Gasteiger partial charge on any atom is 0.308 e. The molecule has 0 amide bonds. The molecular weight excluding hydrogens is 847 g/mol. The molecule has 0 saturated heterocycles. The summed E-state index contributed by atoms with van der Waals surface area (Å²) in [7, 11) is 0. The second-order valence-electron chi connectivity index (χ2n) is 15.7. The number of carboxylic acids is 2. The van der Waals surface area contributed by atoms with Gasteiger partial charge >= 0.3 is 11.9 Å². The van der Waals surface area contributed by atoms with Crippen LogP contribution in [0.3, 0.4) is 0 Å². The summed E-state index contributed by atoms with van der Waals surface area (Å²) in [5.41, 5.74) is 1.93. The van der Waals surface area contributed by atoms with Crippen molar-refractivity contribution in [3.8, 4) is 22.8 Å². The fourth-order valence-corrected chi connectivity index (χ4v) is 9.86. The molecule has 6 aromatic heterocycles. The summed E-state index contributed by atoms with van der Waals surface area (Å²) < 4.78 is 56.2. The molecule has 6 aromatic rings. The third-order valence-electron chi connectivity index (χ3n) is 12.6. The van der Waals surface area contributed by atoms with Crippen LogP contribution in [0.4, 0.5) is 29.2 Å². The number of halogens is 6. The number of aliphatic carboxylic acids is 2. The summed E-state index contributed by atoms with van der Waals surface area (Å²) in [6, 6.07) is 1.88. The number of aromatic nitrogens is 8. The Balaban J connectivity index is 0.000000194. The zero-order chi connectivity index (χ0) is 40.2. The zero-order valence-electron chi connectivity index (χ0n) is 32.1. The maximum absolute atomic E-state index is 14.5. The molecule has 0 radical (unpaired) electrons. The number of hydrogen-bond acceptors (Lipinski definition) is 10. The molecule has 0 unspecified atom stereocenters. The summed E-state index contributed by atoms with van der Waals surface area (Å²) in [5, 5.41) is 26.5. The van der Waals surface area contributed by atoms with Gasteiger partial charge in [-0.05, 0) is 87.2 Å². The van der Waals surface area contributed by atoms with Crippen LogP contribution >= 0.6 is 24.8 Å². The van der Waals surface area contributed by atoms with E-state index in [0.717, 1.165) is 76.2 Å². The van der Waals surface area contributed by atoms with Crippen molar-refractivity contribution in [3.05, 3.63) is 72.6 Å². The Kier molecular flexibility index (Phi) is 13.3. The number of rotatable bonds is 8. The van der Waals surface area contributed by atoms with Crippen LogP contribution in [0.15, 0.2) is 49.3 Å². The Bertz CT molecular complexity index is 2380. The quantitative estimate of drug-likeness (QED) is 0.0831. The first-order valence-corrected chi connectivity index (χ1v) is 19.3. The molecule has 61 heavy (non-hydrogen) atoms. The molecule has 12 rings (SSSR count). The molecule has 6 aliphatic carbocycles. The van der Waals surface area contributed by atoms with Crippen molar-refractivity contribution in [2.45, 2.75) is 63.5 Å². The van der Waals surface area contributed by atoms with E-state index < -0.39 is 47.0 Å². The van der Waals surface area contributed by atoms with Gasteiger partial charge < -0.3 is 36.3 Å². The van der Waals surface area contributed by atoms with Crippen molar-refractivity contribution in [3.63, 3.8) is 0 Å². The number of anilines is 2. The smallest absolute Gasteiger partial charge is 0.308 e. The van der Waals surface area contributed by atoms with Gasteiger partial charge in [0.2, 0.25) is 0 Å². The Morgan fingerprint density at radius 3 is 1.30 bits per heavy atom. The highest BCUT2D eigenvalue weighted by Crippen LogP contribution is 2.48. The number of aromatic amines is 2. The third-order valence-corrected chi connectivity index (χ3v) is 12.6. The molecule has 8 N–H and O–H groups in total. The van der Waals surface area contributed by atoms with Gasteiger partial charge in [-0.2, -0.15) is 0 Å². The average molecular weight is 890 g/mol. The number of H-pyrrole nitrogens is 2. The van der Waals surface area contributed by atoms with Crippen molar-refractivity contribution in [1.29, 1.82) is 0 Å². The molecule has 6 fully saturated rings. The molecule has 6 aliphatic rings. The normalized spacial score (nSPS) is 24.7. The van der Waals surface area contributed by atoms with Crippen molar-refractivity contribution in [2.24, 2.45) is 35.5 Å². The van der Waals surface area contributed by atoms with Crippen molar-refractivity contribution in [1.82, 2.24) is 39.9 Å². The van der Waals surface area contributed by atoms with E-state index in [1.807, 2.05) is 0 Å². The Hall–Kier alpha value is -5.66. The molecule has 4 bridgehead atoms. The Morgan fingerprint density at radius 1 is 0.574 bits per heavy atom. The number of carbonyl (C=O) groups is 2. The largest absolute Gasteiger partial charge is 0.481 e. The lowest BCUT2D eigenvalue weighted by atomic mass is 9.61. The predicted octanol–water partition coefficient (Wildman–Crippen LogP) is 7.22. The first-order chi connectivity index (χ1) is 28.0. The lowest BCUT2D eigenvalue weighted by Crippen LogP contribution is -2.51. The second kappa shape index (κ2) is 18.1. The number of nitrogens with one attached hydrogen (secondary N) is 4. The van der Waals surface area contributed by atoms with Gasteiger partial charge in [0, 0.05) is 46.4 Å². The van der Waals surface area contributed by atoms with E-state index in [2.05, 4.69) is 50.5 Å². The minimum absolute atomic E-state index is 0. The minimum Gasteiger partial charge on any atom is -0.481 e.